The molecule has 0 N–H and O–H groups in total. The lowest BCUT2D eigenvalue weighted by Crippen LogP contribution is -2.05. The minimum Gasteiger partial charge on any atom is -0.256 e. The molecule has 2 aromatic rings. The zero-order chi connectivity index (χ0) is 12.5. The summed E-state index contributed by atoms with van der Waals surface area (Å²) in [5.41, 5.74) is 0.957. The largest absolute Gasteiger partial charge is 0.416 e. The topological polar surface area (TPSA) is 12.9 Å². The Kier molecular flexibility index (Phi) is 2.88. The van der Waals surface area contributed by atoms with Crippen LogP contribution in [0.2, 0.25) is 0 Å². The molecule has 0 bridgehead atoms. The van der Waals surface area contributed by atoms with E-state index in [-0.39, 0.29) is 0 Å². The van der Waals surface area contributed by atoms with Crippen LogP contribution in [0.1, 0.15) is 11.1 Å². The Hall–Kier alpha value is -1.84. The lowest BCUT2D eigenvalue weighted by atomic mass is 10.0. The zero-order valence-electron chi connectivity index (χ0n) is 9.12. The number of hydrogen-bond donors (Lipinski definition) is 0. The molecule has 88 valence electrons. The van der Waals surface area contributed by atoms with E-state index in [0.29, 0.717) is 16.8 Å². The van der Waals surface area contributed by atoms with Crippen LogP contribution in [-0.2, 0) is 6.18 Å². The van der Waals surface area contributed by atoms with Gasteiger partial charge in [0.2, 0.25) is 0 Å². The van der Waals surface area contributed by atoms with E-state index in [1.165, 1.54) is 0 Å². The summed E-state index contributed by atoms with van der Waals surface area (Å²) in [5, 5.41) is 0. The first-order chi connectivity index (χ1) is 7.97. The number of hydrogen-bond acceptors (Lipinski definition) is 1. The van der Waals surface area contributed by atoms with Gasteiger partial charge in [-0.3, -0.25) is 4.98 Å². The highest BCUT2D eigenvalue weighted by molar-refractivity contribution is 5.61. The van der Waals surface area contributed by atoms with Crippen LogP contribution in [0.3, 0.4) is 0 Å². The van der Waals surface area contributed by atoms with Crippen molar-refractivity contribution >= 4 is 0 Å². The molecule has 0 unspecified atom stereocenters. The molecule has 1 nitrogen and oxygen atoms in total. The van der Waals surface area contributed by atoms with Gasteiger partial charge in [-0.15, -0.1) is 0 Å². The molecule has 1 heterocycles. The molecule has 0 aliphatic heterocycles. The third kappa shape index (κ3) is 2.64. The lowest BCUT2D eigenvalue weighted by molar-refractivity contribution is -0.137. The molecule has 1 aromatic heterocycles. The first kappa shape index (κ1) is 11.6. The smallest absolute Gasteiger partial charge is 0.256 e. The summed E-state index contributed by atoms with van der Waals surface area (Å²) in [6, 6.07) is 9.11. The number of rotatable bonds is 1. The minimum absolute atomic E-state index is 0.484. The van der Waals surface area contributed by atoms with E-state index in [9.17, 15) is 13.2 Å². The number of nitrogens with zero attached hydrogens (tertiary/aromatic N) is 1. The van der Waals surface area contributed by atoms with Crippen molar-refractivity contribution in [2.24, 2.45) is 0 Å². The summed E-state index contributed by atoms with van der Waals surface area (Å²) in [6.07, 6.45) is -2.76. The molecule has 1 aromatic carbocycles. The molecule has 17 heavy (non-hydrogen) atoms. The second kappa shape index (κ2) is 4.20. The van der Waals surface area contributed by atoms with Crippen molar-refractivity contribution in [1.29, 1.82) is 0 Å². The van der Waals surface area contributed by atoms with Gasteiger partial charge in [-0.25, -0.2) is 0 Å². The molecular weight excluding hydrogens is 227 g/mol. The molecule has 0 radical (unpaired) electrons. The monoisotopic (exact) mass is 237 g/mol. The first-order valence-corrected chi connectivity index (χ1v) is 5.07. The number of benzene rings is 1. The summed E-state index contributed by atoms with van der Waals surface area (Å²) >= 11 is 0. The fraction of sp³-hybridized carbons (Fsp3) is 0.154. The Morgan fingerprint density at radius 3 is 2.41 bits per heavy atom. The van der Waals surface area contributed by atoms with Crippen molar-refractivity contribution in [3.05, 3.63) is 53.7 Å². The first-order valence-electron chi connectivity index (χ1n) is 5.07. The average Bonchev–Trinajstić information content (AvgIpc) is 2.28. The number of halogens is 3. The quantitative estimate of drug-likeness (QED) is 0.728. The van der Waals surface area contributed by atoms with E-state index in [4.69, 9.17) is 0 Å². The van der Waals surface area contributed by atoms with Gasteiger partial charge in [0.15, 0.2) is 0 Å². The second-order valence-electron chi connectivity index (χ2n) is 3.80. The molecule has 0 aliphatic rings. The highest BCUT2D eigenvalue weighted by Gasteiger charge is 2.30. The SMILES string of the molecule is Cc1cc(-c2ccccn2)cc(C(F)(F)F)c1. The average molecular weight is 237 g/mol. The van der Waals surface area contributed by atoms with Crippen molar-refractivity contribution < 1.29 is 13.2 Å². The molecule has 2 rings (SSSR count). The molecule has 0 saturated carbocycles. The molecule has 0 amide bonds. The minimum atomic E-state index is -4.32. The maximum atomic E-state index is 12.6. The van der Waals surface area contributed by atoms with Gasteiger partial charge in [0.1, 0.15) is 0 Å². The molecule has 0 atom stereocenters. The van der Waals surface area contributed by atoms with Crippen LogP contribution in [0.5, 0.6) is 0 Å². The van der Waals surface area contributed by atoms with E-state index < -0.39 is 11.7 Å². The van der Waals surface area contributed by atoms with Crippen LogP contribution in [0.4, 0.5) is 13.2 Å². The van der Waals surface area contributed by atoms with Crippen molar-refractivity contribution in [1.82, 2.24) is 4.98 Å². The van der Waals surface area contributed by atoms with E-state index in [2.05, 4.69) is 4.98 Å². The molecule has 0 aliphatic carbocycles. The summed E-state index contributed by atoms with van der Waals surface area (Å²) in [4.78, 5) is 4.05. The van der Waals surface area contributed by atoms with E-state index in [1.807, 2.05) is 0 Å². The van der Waals surface area contributed by atoms with Crippen LogP contribution in [0.25, 0.3) is 11.3 Å². The highest BCUT2D eigenvalue weighted by atomic mass is 19.4. The van der Waals surface area contributed by atoms with Gasteiger partial charge in [-0.1, -0.05) is 6.07 Å². The molecule has 0 saturated heterocycles. The Morgan fingerprint density at radius 1 is 1.06 bits per heavy atom. The summed E-state index contributed by atoms with van der Waals surface area (Å²) in [6.45, 7) is 1.64. The van der Waals surface area contributed by atoms with Gasteiger partial charge in [-0.2, -0.15) is 13.2 Å². The van der Waals surface area contributed by atoms with Crippen LogP contribution >= 0.6 is 0 Å². The van der Waals surface area contributed by atoms with Gasteiger partial charge < -0.3 is 0 Å². The number of aryl methyl sites for hydroxylation is 1. The lowest BCUT2D eigenvalue weighted by Gasteiger charge is -2.10. The molecule has 0 fully saturated rings. The number of aromatic nitrogens is 1. The van der Waals surface area contributed by atoms with E-state index in [1.54, 1.807) is 37.4 Å². The Morgan fingerprint density at radius 2 is 1.82 bits per heavy atom. The van der Waals surface area contributed by atoms with Crippen LogP contribution in [-0.4, -0.2) is 4.98 Å². The van der Waals surface area contributed by atoms with E-state index >= 15 is 0 Å². The van der Waals surface area contributed by atoms with Gasteiger partial charge >= 0.3 is 6.18 Å². The van der Waals surface area contributed by atoms with Crippen molar-refractivity contribution in [2.75, 3.05) is 0 Å². The van der Waals surface area contributed by atoms with E-state index in [0.717, 1.165) is 12.1 Å². The van der Waals surface area contributed by atoms with Gasteiger partial charge in [-0.05, 0) is 42.8 Å². The number of alkyl halides is 3. The third-order valence-electron chi connectivity index (χ3n) is 2.37. The summed E-state index contributed by atoms with van der Waals surface area (Å²) in [7, 11) is 0. The van der Waals surface area contributed by atoms with Crippen molar-refractivity contribution in [2.45, 2.75) is 13.1 Å². The van der Waals surface area contributed by atoms with Gasteiger partial charge in [0, 0.05) is 11.8 Å². The predicted octanol–water partition coefficient (Wildman–Crippen LogP) is 4.08. The maximum absolute atomic E-state index is 12.6. The normalized spacial score (nSPS) is 11.5. The van der Waals surface area contributed by atoms with Gasteiger partial charge in [0.25, 0.3) is 0 Å². The highest BCUT2D eigenvalue weighted by Crippen LogP contribution is 2.32. The van der Waals surface area contributed by atoms with Crippen LogP contribution in [0, 0.1) is 6.92 Å². The molecular formula is C13H10F3N. The van der Waals surface area contributed by atoms with Crippen molar-refractivity contribution in [3.8, 4) is 11.3 Å². The molecule has 4 heteroatoms. The molecule has 0 spiro atoms. The Bertz CT molecular complexity index is 518. The Balaban J connectivity index is 2.54. The van der Waals surface area contributed by atoms with Crippen LogP contribution < -0.4 is 0 Å². The standard InChI is InChI=1S/C13H10F3N/c1-9-6-10(12-4-2-3-5-17-12)8-11(7-9)13(14,15)16/h2-8H,1H3. The van der Waals surface area contributed by atoms with Crippen LogP contribution in [0.15, 0.2) is 42.6 Å². The van der Waals surface area contributed by atoms with Gasteiger partial charge in [0.05, 0.1) is 11.3 Å². The summed E-state index contributed by atoms with van der Waals surface area (Å²) < 4.78 is 37.9. The number of pyridine rings is 1. The maximum Gasteiger partial charge on any atom is 0.416 e. The third-order valence-corrected chi connectivity index (χ3v) is 2.37. The zero-order valence-corrected chi connectivity index (χ0v) is 9.12. The van der Waals surface area contributed by atoms with Crippen molar-refractivity contribution in [3.63, 3.8) is 0 Å². The fourth-order valence-electron chi connectivity index (χ4n) is 1.63. The summed E-state index contributed by atoms with van der Waals surface area (Å²) in [5.74, 6) is 0. The fourth-order valence-corrected chi connectivity index (χ4v) is 1.63. The second-order valence-corrected chi connectivity index (χ2v) is 3.80. The predicted molar refractivity (Wildman–Crippen MR) is 59.4 cm³/mol. The Labute approximate surface area is 96.9 Å².